The number of thioether (sulfide) groups is 1. The van der Waals surface area contributed by atoms with Gasteiger partial charge in [0.1, 0.15) is 0 Å². The first-order chi connectivity index (χ1) is 9.41. The molecule has 1 aromatic carbocycles. The maximum atomic E-state index is 12.0. The number of nitrogens with one attached hydrogen (secondary N) is 1. The first-order valence-electron chi connectivity index (χ1n) is 6.57. The third-order valence-electron chi connectivity index (χ3n) is 3.38. The summed E-state index contributed by atoms with van der Waals surface area (Å²) in [6, 6.07) is 5.31. The molecule has 112 valence electrons. The highest BCUT2D eigenvalue weighted by Gasteiger charge is 2.19. The molecule has 0 saturated carbocycles. The summed E-state index contributed by atoms with van der Waals surface area (Å²) in [6.07, 6.45) is 2.23. The average Bonchev–Trinajstić information content (AvgIpc) is 2.42. The highest BCUT2D eigenvalue weighted by molar-refractivity contribution is 7.99. The van der Waals surface area contributed by atoms with Crippen LogP contribution >= 0.6 is 11.8 Å². The van der Waals surface area contributed by atoms with Crippen molar-refractivity contribution in [2.75, 3.05) is 36.7 Å². The molecular formula is C13H21N3O2S2. The Kier molecular flexibility index (Phi) is 4.82. The number of anilines is 2. The number of sulfonamides is 1. The minimum absolute atomic E-state index is 0.227. The number of nitrogens with zero attached hydrogens (tertiary/aromatic N) is 1. The minimum atomic E-state index is -3.43. The normalized spacial score (nSPS) is 17.4. The van der Waals surface area contributed by atoms with Gasteiger partial charge >= 0.3 is 0 Å². The molecule has 1 heterocycles. The van der Waals surface area contributed by atoms with Gasteiger partial charge in [0.2, 0.25) is 10.0 Å². The van der Waals surface area contributed by atoms with Gasteiger partial charge in [0.15, 0.2) is 0 Å². The van der Waals surface area contributed by atoms with Gasteiger partial charge in [-0.05, 0) is 42.5 Å². The fourth-order valence-electron chi connectivity index (χ4n) is 2.11. The van der Waals surface area contributed by atoms with Gasteiger partial charge in [-0.3, -0.25) is 0 Å². The monoisotopic (exact) mass is 315 g/mol. The van der Waals surface area contributed by atoms with Gasteiger partial charge in [0, 0.05) is 20.1 Å². The molecule has 0 unspecified atom stereocenters. The SMILES string of the molecule is CN(C)S(=O)(=O)c1ccc(NC2CCSCC2)c(N)c1. The lowest BCUT2D eigenvalue weighted by Gasteiger charge is -2.24. The Morgan fingerprint density at radius 3 is 2.50 bits per heavy atom. The molecule has 0 bridgehead atoms. The van der Waals surface area contributed by atoms with Crippen molar-refractivity contribution in [1.82, 2.24) is 4.31 Å². The largest absolute Gasteiger partial charge is 0.397 e. The van der Waals surface area contributed by atoms with Crippen LogP contribution in [0, 0.1) is 0 Å². The molecule has 3 N–H and O–H groups in total. The fourth-order valence-corrected chi connectivity index (χ4v) is 4.15. The standard InChI is InChI=1S/C13H21N3O2S2/c1-16(2)20(17,18)11-3-4-13(12(14)9-11)15-10-5-7-19-8-6-10/h3-4,9-10,15H,5-8,14H2,1-2H3. The molecule has 5 nitrogen and oxygen atoms in total. The molecule has 1 aromatic rings. The van der Waals surface area contributed by atoms with Crippen LogP contribution in [-0.2, 0) is 10.0 Å². The van der Waals surface area contributed by atoms with Gasteiger partial charge in [-0.15, -0.1) is 0 Å². The maximum Gasteiger partial charge on any atom is 0.242 e. The lowest BCUT2D eigenvalue weighted by molar-refractivity contribution is 0.521. The number of hydrogen-bond donors (Lipinski definition) is 2. The Bertz CT molecular complexity index is 567. The van der Waals surface area contributed by atoms with Crippen molar-refractivity contribution in [3.05, 3.63) is 18.2 Å². The van der Waals surface area contributed by atoms with E-state index >= 15 is 0 Å². The molecule has 2 rings (SSSR count). The second kappa shape index (κ2) is 6.24. The highest BCUT2D eigenvalue weighted by Crippen LogP contribution is 2.27. The summed E-state index contributed by atoms with van der Waals surface area (Å²) >= 11 is 1.97. The van der Waals surface area contributed by atoms with Crippen LogP contribution in [0.5, 0.6) is 0 Å². The Morgan fingerprint density at radius 2 is 1.95 bits per heavy atom. The predicted molar refractivity (Wildman–Crippen MR) is 85.7 cm³/mol. The van der Waals surface area contributed by atoms with Crippen LogP contribution in [0.3, 0.4) is 0 Å². The van der Waals surface area contributed by atoms with E-state index in [1.54, 1.807) is 12.1 Å². The van der Waals surface area contributed by atoms with Crippen LogP contribution < -0.4 is 11.1 Å². The number of hydrogen-bond acceptors (Lipinski definition) is 5. The Morgan fingerprint density at radius 1 is 1.30 bits per heavy atom. The summed E-state index contributed by atoms with van der Waals surface area (Å²) in [6.45, 7) is 0. The molecule has 1 aliphatic rings. The smallest absolute Gasteiger partial charge is 0.242 e. The molecule has 0 aliphatic carbocycles. The zero-order valence-corrected chi connectivity index (χ0v) is 13.4. The lowest BCUT2D eigenvalue weighted by Crippen LogP contribution is -2.25. The molecule has 1 fully saturated rings. The van der Waals surface area contributed by atoms with Crippen molar-refractivity contribution in [3.63, 3.8) is 0 Å². The van der Waals surface area contributed by atoms with Gasteiger partial charge in [-0.2, -0.15) is 11.8 Å². The predicted octanol–water partition coefficient (Wildman–Crippen LogP) is 1.83. The van der Waals surface area contributed by atoms with Gasteiger partial charge in [-0.1, -0.05) is 0 Å². The summed E-state index contributed by atoms with van der Waals surface area (Å²) in [7, 11) is -0.404. The van der Waals surface area contributed by atoms with Crippen molar-refractivity contribution in [1.29, 1.82) is 0 Å². The van der Waals surface area contributed by atoms with E-state index in [4.69, 9.17) is 5.73 Å². The summed E-state index contributed by atoms with van der Waals surface area (Å²) < 4.78 is 25.3. The molecule has 0 aromatic heterocycles. The van der Waals surface area contributed by atoms with Crippen LogP contribution in [0.25, 0.3) is 0 Å². The summed E-state index contributed by atoms with van der Waals surface area (Å²) in [5.41, 5.74) is 7.28. The third kappa shape index (κ3) is 3.39. The van der Waals surface area contributed by atoms with E-state index in [1.807, 2.05) is 11.8 Å². The van der Waals surface area contributed by atoms with E-state index in [0.29, 0.717) is 11.7 Å². The minimum Gasteiger partial charge on any atom is -0.397 e. The topological polar surface area (TPSA) is 75.4 Å². The second-order valence-corrected chi connectivity index (χ2v) is 8.44. The average molecular weight is 315 g/mol. The van der Waals surface area contributed by atoms with Crippen LogP contribution in [0.1, 0.15) is 12.8 Å². The van der Waals surface area contributed by atoms with E-state index in [1.165, 1.54) is 24.5 Å². The quantitative estimate of drug-likeness (QED) is 0.829. The Labute approximate surface area is 125 Å². The van der Waals surface area contributed by atoms with Gasteiger partial charge < -0.3 is 11.1 Å². The molecule has 0 amide bonds. The van der Waals surface area contributed by atoms with Crippen molar-refractivity contribution >= 4 is 33.2 Å². The van der Waals surface area contributed by atoms with Crippen molar-refractivity contribution in [3.8, 4) is 0 Å². The molecule has 0 radical (unpaired) electrons. The lowest BCUT2D eigenvalue weighted by atomic mass is 10.1. The molecule has 1 saturated heterocycles. The molecule has 1 aliphatic heterocycles. The van der Waals surface area contributed by atoms with E-state index in [-0.39, 0.29) is 4.90 Å². The highest BCUT2D eigenvalue weighted by atomic mass is 32.2. The fraction of sp³-hybridized carbons (Fsp3) is 0.538. The van der Waals surface area contributed by atoms with Gasteiger partial charge in [0.25, 0.3) is 0 Å². The zero-order chi connectivity index (χ0) is 14.8. The number of rotatable bonds is 4. The zero-order valence-electron chi connectivity index (χ0n) is 11.8. The second-order valence-electron chi connectivity index (χ2n) is 5.07. The molecule has 20 heavy (non-hydrogen) atoms. The van der Waals surface area contributed by atoms with Crippen LogP contribution in [0.15, 0.2) is 23.1 Å². The van der Waals surface area contributed by atoms with Crippen LogP contribution in [0.2, 0.25) is 0 Å². The molecule has 0 spiro atoms. The number of nitrogens with two attached hydrogens (primary N) is 1. The Hall–Kier alpha value is -0.920. The summed E-state index contributed by atoms with van der Waals surface area (Å²) in [5, 5.41) is 3.41. The summed E-state index contributed by atoms with van der Waals surface area (Å²) in [4.78, 5) is 0.227. The van der Waals surface area contributed by atoms with E-state index < -0.39 is 10.0 Å². The van der Waals surface area contributed by atoms with Gasteiger partial charge in [0.05, 0.1) is 16.3 Å². The maximum absolute atomic E-state index is 12.0. The van der Waals surface area contributed by atoms with Crippen molar-refractivity contribution in [2.24, 2.45) is 0 Å². The van der Waals surface area contributed by atoms with E-state index in [9.17, 15) is 8.42 Å². The van der Waals surface area contributed by atoms with Gasteiger partial charge in [-0.25, -0.2) is 12.7 Å². The van der Waals surface area contributed by atoms with E-state index in [0.717, 1.165) is 30.0 Å². The van der Waals surface area contributed by atoms with Crippen LogP contribution in [-0.4, -0.2) is 44.4 Å². The number of benzene rings is 1. The Balaban J connectivity index is 2.17. The first-order valence-corrected chi connectivity index (χ1v) is 9.17. The number of nitrogen functional groups attached to an aromatic ring is 1. The first kappa shape index (κ1) is 15.5. The molecular weight excluding hydrogens is 294 g/mol. The molecule has 7 heteroatoms. The summed E-state index contributed by atoms with van der Waals surface area (Å²) in [5.74, 6) is 2.31. The third-order valence-corrected chi connectivity index (χ3v) is 6.24. The molecule has 0 atom stereocenters. The van der Waals surface area contributed by atoms with Crippen LogP contribution in [0.4, 0.5) is 11.4 Å². The van der Waals surface area contributed by atoms with Crippen molar-refractivity contribution < 1.29 is 8.42 Å². The van der Waals surface area contributed by atoms with Crippen molar-refractivity contribution in [2.45, 2.75) is 23.8 Å². The van der Waals surface area contributed by atoms with E-state index in [2.05, 4.69) is 5.32 Å².